The van der Waals surface area contributed by atoms with Gasteiger partial charge in [0.05, 0.1) is 0 Å². The van der Waals surface area contributed by atoms with Gasteiger partial charge in [0.25, 0.3) is 0 Å². The van der Waals surface area contributed by atoms with Crippen molar-refractivity contribution in [1.82, 2.24) is 0 Å². The molecule has 6 saturated carbocycles. The molecule has 0 spiro atoms. The smallest absolute Gasteiger partial charge is 0.346 e. The summed E-state index contributed by atoms with van der Waals surface area (Å²) in [4.78, 5) is 78.4. The van der Waals surface area contributed by atoms with Crippen LogP contribution in [-0.4, -0.2) is 51.6 Å². The fourth-order valence-electron chi connectivity index (χ4n) is 14.5. The van der Waals surface area contributed by atoms with E-state index in [0.717, 1.165) is 56.9 Å². The first-order chi connectivity index (χ1) is 26.1. The van der Waals surface area contributed by atoms with E-state index in [-0.39, 0.29) is 72.6 Å². The zero-order valence-electron chi connectivity index (χ0n) is 32.9. The number of allylic oxidation sites excluding steroid dienone is 5. The Labute approximate surface area is 324 Å². The molecular weight excluding hydrogens is 696 g/mol. The van der Waals surface area contributed by atoms with E-state index in [1.807, 2.05) is 25.2 Å². The van der Waals surface area contributed by atoms with Gasteiger partial charge in [-0.25, -0.2) is 4.79 Å². The van der Waals surface area contributed by atoms with E-state index in [1.54, 1.807) is 19.1 Å². The van der Waals surface area contributed by atoms with Crippen LogP contribution >= 0.6 is 0 Å². The highest BCUT2D eigenvalue weighted by Gasteiger charge is 2.70. The maximum Gasteiger partial charge on any atom is 0.346 e. The summed E-state index contributed by atoms with van der Waals surface area (Å²) in [6.07, 6.45) is 19.0. The number of Topliss-reactive ketones (excluding diaryl/α,β-unsaturated/α-hetero) is 1. The molecule has 9 nitrogen and oxygen atoms in total. The van der Waals surface area contributed by atoms with Gasteiger partial charge in [-0.2, -0.15) is 0 Å². The molecule has 1 N–H and O–H groups in total. The van der Waals surface area contributed by atoms with Gasteiger partial charge < -0.3 is 14.6 Å². The predicted octanol–water partition coefficient (Wildman–Crippen LogP) is 7.44. The standard InChI is InChI=1S/C46H58O9/c1-5-44-21-17-32-31-15-12-29(47)24-27(31)10-13-33(32)36(44)18-22-45(44,6-2)55-39(51)9-7-8-38(50)54-41(52)46(53)23-19-35-34-14-11-28-25-30(48)16-20-42(28,3)40(34)37(49)26-43(35,46)4/h6,16,20,24-25,31-36,40,53H,2,5,7-15,17-19,21-23,26H2,1,3-4H3/t31?,32?,33?,34?,35?,36?,40?,42-,43-,44-,45-,46-/m0/s1. The van der Waals surface area contributed by atoms with Gasteiger partial charge in [-0.05, 0) is 143 Å². The summed E-state index contributed by atoms with van der Waals surface area (Å²) >= 11 is 0. The Balaban J connectivity index is 0.874. The third kappa shape index (κ3) is 5.62. The lowest BCUT2D eigenvalue weighted by Gasteiger charge is -2.57. The Morgan fingerprint density at radius 2 is 1.62 bits per heavy atom. The topological polar surface area (TPSA) is 141 Å². The molecule has 0 amide bonds. The first kappa shape index (κ1) is 38.4. The lowest BCUT2D eigenvalue weighted by Crippen LogP contribution is -2.60. The van der Waals surface area contributed by atoms with Gasteiger partial charge in [0.15, 0.2) is 17.2 Å². The van der Waals surface area contributed by atoms with E-state index in [2.05, 4.69) is 13.5 Å². The number of fused-ring (bicyclic) bond motifs is 10. The van der Waals surface area contributed by atoms with Crippen molar-refractivity contribution in [2.75, 3.05) is 0 Å². The first-order valence-electron chi connectivity index (χ1n) is 21.2. The molecule has 0 bridgehead atoms. The number of aliphatic hydroxyl groups is 1. The molecule has 8 rings (SSSR count). The van der Waals surface area contributed by atoms with Crippen molar-refractivity contribution < 1.29 is 43.3 Å². The molecule has 7 unspecified atom stereocenters. The second-order valence-electron chi connectivity index (χ2n) is 19.0. The molecular formula is C46H58O9. The van der Waals surface area contributed by atoms with Gasteiger partial charge >= 0.3 is 17.9 Å². The van der Waals surface area contributed by atoms with Crippen molar-refractivity contribution in [3.05, 3.63) is 48.1 Å². The average Bonchev–Trinajstić information content (AvgIpc) is 3.62. The fourth-order valence-corrected chi connectivity index (χ4v) is 14.5. The van der Waals surface area contributed by atoms with E-state index in [0.29, 0.717) is 49.4 Å². The number of hydrogen-bond acceptors (Lipinski definition) is 9. The Morgan fingerprint density at radius 1 is 0.873 bits per heavy atom. The number of carbonyl (C=O) groups excluding carboxylic acids is 6. The second kappa shape index (κ2) is 13.6. The zero-order chi connectivity index (χ0) is 39.1. The van der Waals surface area contributed by atoms with Crippen LogP contribution in [0.2, 0.25) is 0 Å². The van der Waals surface area contributed by atoms with Crippen molar-refractivity contribution in [3.63, 3.8) is 0 Å². The molecule has 0 aromatic heterocycles. The SMILES string of the molecule is C=C[C@]1(OC(=O)CCCC(=O)OC(=O)[C@@]2(O)CCC3C4CCC5=CC(=O)C=C[C@]5(C)C4C(=O)C[C@@]32C)CCC2C3CCC4=CC(=O)CCC4C3CC[C@@]21CC. The van der Waals surface area contributed by atoms with Crippen molar-refractivity contribution in [2.24, 2.45) is 57.7 Å². The lowest BCUT2D eigenvalue weighted by molar-refractivity contribution is -0.190. The molecule has 0 radical (unpaired) electrons. The quantitative estimate of drug-likeness (QED) is 0.152. The predicted molar refractivity (Wildman–Crippen MR) is 203 cm³/mol. The minimum absolute atomic E-state index is 0.0125. The summed E-state index contributed by atoms with van der Waals surface area (Å²) in [6.45, 7) is 10.2. The monoisotopic (exact) mass is 754 g/mol. The van der Waals surface area contributed by atoms with Crippen LogP contribution in [0.3, 0.4) is 0 Å². The van der Waals surface area contributed by atoms with Crippen LogP contribution in [0.25, 0.3) is 0 Å². The molecule has 0 aromatic rings. The van der Waals surface area contributed by atoms with Crippen molar-refractivity contribution >= 4 is 35.3 Å². The third-order valence-electron chi connectivity index (χ3n) is 17.1. The number of hydrogen-bond donors (Lipinski definition) is 1. The molecule has 55 heavy (non-hydrogen) atoms. The summed E-state index contributed by atoms with van der Waals surface area (Å²) < 4.78 is 11.7. The summed E-state index contributed by atoms with van der Waals surface area (Å²) in [5.74, 6) is -0.585. The van der Waals surface area contributed by atoms with Crippen molar-refractivity contribution in [2.45, 2.75) is 141 Å². The molecule has 12 atom stereocenters. The molecule has 0 aliphatic heterocycles. The summed E-state index contributed by atoms with van der Waals surface area (Å²) in [5, 5.41) is 12.0. The van der Waals surface area contributed by atoms with Crippen LogP contribution in [0, 0.1) is 57.7 Å². The maximum absolute atomic E-state index is 13.9. The Bertz CT molecular complexity index is 1820. The minimum Gasteiger partial charge on any atom is -0.454 e. The summed E-state index contributed by atoms with van der Waals surface area (Å²) in [6, 6.07) is 0. The molecule has 8 aliphatic carbocycles. The normalized spacial score (nSPS) is 44.1. The molecule has 9 heteroatoms. The van der Waals surface area contributed by atoms with Crippen LogP contribution in [0.15, 0.2) is 48.1 Å². The highest BCUT2D eigenvalue weighted by molar-refractivity contribution is 6.02. The maximum atomic E-state index is 13.9. The highest BCUT2D eigenvalue weighted by atomic mass is 16.6. The van der Waals surface area contributed by atoms with Crippen molar-refractivity contribution in [1.29, 1.82) is 0 Å². The number of esters is 3. The molecule has 296 valence electrons. The van der Waals surface area contributed by atoms with Crippen LogP contribution in [0.5, 0.6) is 0 Å². The van der Waals surface area contributed by atoms with Crippen LogP contribution in [-0.2, 0) is 38.2 Å². The van der Waals surface area contributed by atoms with E-state index >= 15 is 0 Å². The van der Waals surface area contributed by atoms with Gasteiger partial charge in [0.1, 0.15) is 11.4 Å². The first-order valence-corrected chi connectivity index (χ1v) is 21.2. The molecule has 8 aliphatic rings. The van der Waals surface area contributed by atoms with Gasteiger partial charge in [-0.1, -0.05) is 44.6 Å². The van der Waals surface area contributed by atoms with Crippen molar-refractivity contribution in [3.8, 4) is 0 Å². The fraction of sp³-hybridized carbons (Fsp3) is 0.696. The Kier molecular flexibility index (Phi) is 9.49. The van der Waals surface area contributed by atoms with E-state index in [4.69, 9.17) is 9.47 Å². The molecule has 0 saturated heterocycles. The Morgan fingerprint density at radius 3 is 2.38 bits per heavy atom. The largest absolute Gasteiger partial charge is 0.454 e. The number of ether oxygens (including phenoxy) is 2. The highest BCUT2D eigenvalue weighted by Crippen LogP contribution is 2.68. The van der Waals surface area contributed by atoms with E-state index in [1.165, 1.54) is 5.57 Å². The van der Waals surface area contributed by atoms with Crippen LogP contribution < -0.4 is 0 Å². The second-order valence-corrected chi connectivity index (χ2v) is 19.0. The Hall–Kier alpha value is -3.46. The zero-order valence-corrected chi connectivity index (χ0v) is 32.9. The third-order valence-corrected chi connectivity index (χ3v) is 17.1. The lowest BCUT2D eigenvalue weighted by atomic mass is 9.47. The van der Waals surface area contributed by atoms with Gasteiger partial charge in [0.2, 0.25) is 0 Å². The molecule has 0 heterocycles. The minimum atomic E-state index is -1.99. The van der Waals surface area contributed by atoms with Crippen LogP contribution in [0.4, 0.5) is 0 Å². The number of rotatable bonds is 8. The number of ketones is 3. The van der Waals surface area contributed by atoms with E-state index < -0.39 is 39.9 Å². The van der Waals surface area contributed by atoms with Gasteiger partial charge in [-0.3, -0.25) is 24.0 Å². The molecule has 0 aromatic carbocycles. The number of carbonyl (C=O) groups is 6. The van der Waals surface area contributed by atoms with Crippen LogP contribution in [0.1, 0.15) is 130 Å². The molecule has 6 fully saturated rings. The summed E-state index contributed by atoms with van der Waals surface area (Å²) in [7, 11) is 0. The van der Waals surface area contributed by atoms with Gasteiger partial charge in [0, 0.05) is 47.8 Å². The van der Waals surface area contributed by atoms with E-state index in [9.17, 15) is 33.9 Å². The van der Waals surface area contributed by atoms with Gasteiger partial charge in [-0.15, -0.1) is 0 Å². The average molecular weight is 755 g/mol. The summed E-state index contributed by atoms with van der Waals surface area (Å²) in [5.41, 5.74) is -2.30.